The normalized spacial score (nSPS) is 14.6. The Hall–Kier alpha value is -2.83. The second-order valence-electron chi connectivity index (χ2n) is 8.65. The summed E-state index contributed by atoms with van der Waals surface area (Å²) in [5.41, 5.74) is 2.18. The molecule has 1 saturated heterocycles. The maximum absolute atomic E-state index is 12.6. The largest absolute Gasteiger partial charge is 0.356 e. The van der Waals surface area contributed by atoms with Gasteiger partial charge in [-0.2, -0.15) is 0 Å². The van der Waals surface area contributed by atoms with Gasteiger partial charge < -0.3 is 20.0 Å². The highest BCUT2D eigenvalue weighted by Crippen LogP contribution is 2.24. The van der Waals surface area contributed by atoms with E-state index in [1.54, 1.807) is 0 Å². The molecule has 0 atom stereocenters. The lowest BCUT2D eigenvalue weighted by Gasteiger charge is -2.35. The molecule has 30 heavy (non-hydrogen) atoms. The molecule has 1 aliphatic rings. The molecule has 1 aromatic carbocycles. The molecule has 1 aromatic heterocycles. The van der Waals surface area contributed by atoms with E-state index < -0.39 is 0 Å². The van der Waals surface area contributed by atoms with Crippen LogP contribution in [0.1, 0.15) is 40.2 Å². The molecule has 0 unspecified atom stereocenters. The molecule has 1 N–H and O–H groups in total. The van der Waals surface area contributed by atoms with E-state index in [1.165, 1.54) is 5.56 Å². The minimum atomic E-state index is -0.0545. The van der Waals surface area contributed by atoms with Gasteiger partial charge >= 0.3 is 6.03 Å². The van der Waals surface area contributed by atoms with Crippen LogP contribution in [0.4, 0.5) is 22.1 Å². The number of nitrogens with zero attached hydrogens (tertiary/aromatic N) is 5. The van der Waals surface area contributed by atoms with Crippen LogP contribution < -0.4 is 15.1 Å². The average molecular weight is 411 g/mol. The lowest BCUT2D eigenvalue weighted by molar-refractivity contribution is 0.208. The number of urea groups is 1. The zero-order valence-electron chi connectivity index (χ0n) is 18.9. The van der Waals surface area contributed by atoms with Crippen LogP contribution in [-0.2, 0) is 5.41 Å². The first kappa shape index (κ1) is 21.9. The van der Waals surface area contributed by atoms with Gasteiger partial charge in [-0.25, -0.2) is 4.79 Å². The highest BCUT2D eigenvalue weighted by atomic mass is 16.2. The summed E-state index contributed by atoms with van der Waals surface area (Å²) < 4.78 is 0. The number of anilines is 3. The molecule has 2 aromatic rings. The molecule has 2 heterocycles. The number of rotatable bonds is 5. The lowest BCUT2D eigenvalue weighted by atomic mass is 9.87. The SMILES string of the molecule is CCN(CC)c1ccc(N2CCN(C(=O)Nc3ccc(C(C)(C)C)cc3)CC2)nn1. The molecule has 0 saturated carbocycles. The number of aromatic nitrogens is 2. The Kier molecular flexibility index (Phi) is 6.80. The first-order valence-corrected chi connectivity index (χ1v) is 10.8. The topological polar surface area (TPSA) is 64.6 Å². The number of piperazine rings is 1. The first-order valence-electron chi connectivity index (χ1n) is 10.8. The quantitative estimate of drug-likeness (QED) is 0.808. The third-order valence-electron chi connectivity index (χ3n) is 5.62. The van der Waals surface area contributed by atoms with E-state index >= 15 is 0 Å². The number of carbonyl (C=O) groups excluding carboxylic acids is 1. The predicted molar refractivity (Wildman–Crippen MR) is 124 cm³/mol. The molecular weight excluding hydrogens is 376 g/mol. The van der Waals surface area contributed by atoms with Crippen LogP contribution in [0, 0.1) is 0 Å². The van der Waals surface area contributed by atoms with E-state index in [1.807, 2.05) is 29.2 Å². The Labute approximate surface area is 180 Å². The van der Waals surface area contributed by atoms with E-state index in [4.69, 9.17) is 0 Å². The van der Waals surface area contributed by atoms with Crippen molar-refractivity contribution in [2.45, 2.75) is 40.0 Å². The predicted octanol–water partition coefficient (Wildman–Crippen LogP) is 3.97. The van der Waals surface area contributed by atoms with Crippen molar-refractivity contribution in [3.8, 4) is 0 Å². The third-order valence-corrected chi connectivity index (χ3v) is 5.62. The standard InChI is InChI=1S/C23H34N6O/c1-6-27(7-2)20-12-13-21(26-25-20)28-14-16-29(17-15-28)22(30)24-19-10-8-18(9-11-19)23(3,4)5/h8-13H,6-7,14-17H2,1-5H3,(H,24,30). The fourth-order valence-corrected chi connectivity index (χ4v) is 3.60. The van der Waals surface area contributed by atoms with Gasteiger partial charge in [-0.1, -0.05) is 32.9 Å². The molecule has 0 aliphatic carbocycles. The summed E-state index contributed by atoms with van der Waals surface area (Å²) in [6, 6.07) is 12.1. The minimum Gasteiger partial charge on any atom is -0.356 e. The fourth-order valence-electron chi connectivity index (χ4n) is 3.60. The van der Waals surface area contributed by atoms with Crippen LogP contribution in [0.2, 0.25) is 0 Å². The number of nitrogens with one attached hydrogen (secondary N) is 1. The molecule has 1 fully saturated rings. The summed E-state index contributed by atoms with van der Waals surface area (Å²) in [5.74, 6) is 1.77. The van der Waals surface area contributed by atoms with Crippen molar-refractivity contribution in [1.29, 1.82) is 0 Å². The Morgan fingerprint density at radius 3 is 2.10 bits per heavy atom. The average Bonchev–Trinajstić information content (AvgIpc) is 2.75. The molecular formula is C23H34N6O. The smallest absolute Gasteiger partial charge is 0.321 e. The van der Waals surface area contributed by atoms with Gasteiger partial charge in [0.2, 0.25) is 0 Å². The summed E-state index contributed by atoms with van der Waals surface area (Å²) in [4.78, 5) is 18.8. The zero-order valence-corrected chi connectivity index (χ0v) is 18.9. The number of carbonyl (C=O) groups is 1. The molecule has 7 nitrogen and oxygen atoms in total. The van der Waals surface area contributed by atoms with Gasteiger partial charge in [-0.3, -0.25) is 0 Å². The summed E-state index contributed by atoms with van der Waals surface area (Å²) in [6.45, 7) is 15.4. The lowest BCUT2D eigenvalue weighted by Crippen LogP contribution is -2.50. The maximum Gasteiger partial charge on any atom is 0.321 e. The summed E-state index contributed by atoms with van der Waals surface area (Å²) in [6.07, 6.45) is 0. The van der Waals surface area contributed by atoms with Gasteiger partial charge in [0, 0.05) is 45.0 Å². The van der Waals surface area contributed by atoms with Gasteiger partial charge in [0.15, 0.2) is 11.6 Å². The van der Waals surface area contributed by atoms with Crippen LogP contribution >= 0.6 is 0 Å². The van der Waals surface area contributed by atoms with Crippen molar-refractivity contribution in [2.75, 3.05) is 54.4 Å². The van der Waals surface area contributed by atoms with Gasteiger partial charge in [0.25, 0.3) is 0 Å². The van der Waals surface area contributed by atoms with Gasteiger partial charge in [-0.05, 0) is 49.1 Å². The van der Waals surface area contributed by atoms with Crippen LogP contribution in [0.5, 0.6) is 0 Å². The van der Waals surface area contributed by atoms with E-state index in [2.05, 4.69) is 72.1 Å². The zero-order chi connectivity index (χ0) is 21.7. The second-order valence-corrected chi connectivity index (χ2v) is 8.65. The molecule has 0 spiro atoms. The summed E-state index contributed by atoms with van der Waals surface area (Å²) >= 11 is 0. The fraction of sp³-hybridized carbons (Fsp3) is 0.522. The van der Waals surface area contributed by atoms with Crippen LogP contribution in [0.3, 0.4) is 0 Å². The number of hydrogen-bond acceptors (Lipinski definition) is 5. The molecule has 3 rings (SSSR count). The van der Waals surface area contributed by atoms with Crippen molar-refractivity contribution in [3.63, 3.8) is 0 Å². The molecule has 162 valence electrons. The van der Waals surface area contributed by atoms with Gasteiger partial charge in [0.1, 0.15) is 0 Å². The van der Waals surface area contributed by atoms with Crippen molar-refractivity contribution < 1.29 is 4.79 Å². The maximum atomic E-state index is 12.6. The molecule has 0 radical (unpaired) electrons. The van der Waals surface area contributed by atoms with Crippen LogP contribution in [0.25, 0.3) is 0 Å². The molecule has 0 bridgehead atoms. The van der Waals surface area contributed by atoms with Gasteiger partial charge in [0.05, 0.1) is 0 Å². The number of hydrogen-bond donors (Lipinski definition) is 1. The van der Waals surface area contributed by atoms with Crippen molar-refractivity contribution >= 4 is 23.4 Å². The third kappa shape index (κ3) is 5.20. The Bertz CT molecular complexity index is 816. The van der Waals surface area contributed by atoms with Crippen LogP contribution in [0.15, 0.2) is 36.4 Å². The van der Waals surface area contributed by atoms with Crippen molar-refractivity contribution in [1.82, 2.24) is 15.1 Å². The Morgan fingerprint density at radius 1 is 0.967 bits per heavy atom. The van der Waals surface area contributed by atoms with Crippen LogP contribution in [-0.4, -0.2) is 60.4 Å². The summed E-state index contributed by atoms with van der Waals surface area (Å²) in [7, 11) is 0. The monoisotopic (exact) mass is 410 g/mol. The van der Waals surface area contributed by atoms with E-state index in [-0.39, 0.29) is 11.4 Å². The van der Waals surface area contributed by atoms with E-state index in [9.17, 15) is 4.79 Å². The van der Waals surface area contributed by atoms with E-state index in [0.29, 0.717) is 13.1 Å². The van der Waals surface area contributed by atoms with Crippen molar-refractivity contribution in [3.05, 3.63) is 42.0 Å². The van der Waals surface area contributed by atoms with Gasteiger partial charge in [-0.15, -0.1) is 10.2 Å². The molecule has 1 aliphatic heterocycles. The Morgan fingerprint density at radius 2 is 1.60 bits per heavy atom. The summed E-state index contributed by atoms with van der Waals surface area (Å²) in [5, 5.41) is 11.8. The number of amides is 2. The highest BCUT2D eigenvalue weighted by Gasteiger charge is 2.22. The highest BCUT2D eigenvalue weighted by molar-refractivity contribution is 5.89. The number of benzene rings is 1. The minimum absolute atomic E-state index is 0.0545. The molecule has 2 amide bonds. The Balaban J connectivity index is 1.53. The van der Waals surface area contributed by atoms with Crippen molar-refractivity contribution in [2.24, 2.45) is 0 Å². The molecule has 7 heteroatoms. The first-order chi connectivity index (χ1) is 14.3. The second kappa shape index (κ2) is 9.32. The van der Waals surface area contributed by atoms with E-state index in [0.717, 1.165) is 43.5 Å².